The van der Waals surface area contributed by atoms with Gasteiger partial charge in [0, 0.05) is 79.2 Å². The molecule has 2 N–H and O–H groups in total. The smallest absolute Gasteiger partial charge is 0.347 e. The molecule has 264 valence electrons. The second-order valence-electron chi connectivity index (χ2n) is 12.9. The van der Waals surface area contributed by atoms with Gasteiger partial charge < -0.3 is 29.2 Å². The van der Waals surface area contributed by atoms with Crippen molar-refractivity contribution in [2.75, 3.05) is 32.6 Å². The summed E-state index contributed by atoms with van der Waals surface area (Å²) in [4.78, 5) is 41.7. The van der Waals surface area contributed by atoms with Crippen molar-refractivity contribution >= 4 is 50.4 Å². The van der Waals surface area contributed by atoms with Crippen molar-refractivity contribution in [2.24, 2.45) is 13.0 Å². The molecule has 12 heteroatoms. The number of para-hydroxylation sites is 1. The van der Waals surface area contributed by atoms with Crippen LogP contribution in [-0.4, -0.2) is 70.8 Å². The number of likely N-dealkylation sites (N-methyl/N-ethyl adjacent to an activating group) is 1. The van der Waals surface area contributed by atoms with Crippen LogP contribution in [-0.2, 0) is 33.3 Å². The molecule has 0 spiro atoms. The van der Waals surface area contributed by atoms with Crippen molar-refractivity contribution in [1.29, 1.82) is 0 Å². The number of halogens is 1. The molecule has 1 aliphatic carbocycles. The summed E-state index contributed by atoms with van der Waals surface area (Å²) in [7, 11) is 6.07. The number of rotatable bonds is 7. The van der Waals surface area contributed by atoms with Crippen LogP contribution in [0.5, 0.6) is 11.5 Å². The molecule has 3 unspecified atom stereocenters. The van der Waals surface area contributed by atoms with Gasteiger partial charge in [-0.05, 0) is 95.5 Å². The maximum absolute atomic E-state index is 12.5. The van der Waals surface area contributed by atoms with Crippen molar-refractivity contribution in [2.45, 2.75) is 31.4 Å². The molecule has 3 atom stereocenters. The summed E-state index contributed by atoms with van der Waals surface area (Å²) in [5.74, 6) is -0.800. The predicted molar refractivity (Wildman–Crippen MR) is 196 cm³/mol. The lowest BCUT2D eigenvalue weighted by atomic mass is 9.69. The van der Waals surface area contributed by atoms with Crippen LogP contribution in [0, 0.1) is 5.92 Å². The van der Waals surface area contributed by atoms with E-state index in [4.69, 9.17) is 14.2 Å². The van der Waals surface area contributed by atoms with E-state index < -0.39 is 11.6 Å². The second kappa shape index (κ2) is 15.1. The van der Waals surface area contributed by atoms with Crippen LogP contribution in [0.4, 0.5) is 5.69 Å². The van der Waals surface area contributed by atoms with Gasteiger partial charge in [0.2, 0.25) is 5.91 Å². The minimum atomic E-state index is -0.643. The van der Waals surface area contributed by atoms with Crippen LogP contribution in [0.25, 0.3) is 10.9 Å². The number of hydrogen-bond donors (Lipinski definition) is 2. The highest BCUT2D eigenvalue weighted by molar-refractivity contribution is 9.10. The van der Waals surface area contributed by atoms with E-state index in [-0.39, 0.29) is 35.1 Å². The maximum Gasteiger partial charge on any atom is 0.347 e. The number of hydrogen-bond acceptors (Lipinski definition) is 9. The third kappa shape index (κ3) is 7.53. The number of phenols is 1. The quantitative estimate of drug-likeness (QED) is 0.142. The zero-order valence-corrected chi connectivity index (χ0v) is 30.3. The number of fused-ring (bicyclic) bond motifs is 2. The molecule has 51 heavy (non-hydrogen) atoms. The van der Waals surface area contributed by atoms with E-state index in [1.54, 1.807) is 48.7 Å². The Bertz CT molecular complexity index is 2080. The number of carbonyl (C=O) groups is 3. The van der Waals surface area contributed by atoms with Crippen LogP contribution in [0.15, 0.2) is 95.9 Å². The number of carbonyl (C=O) groups excluding carboxylic acids is 3. The van der Waals surface area contributed by atoms with Gasteiger partial charge in [0.25, 0.3) is 0 Å². The monoisotopic (exact) mass is 754 g/mol. The molecule has 0 saturated carbocycles. The number of pyridine rings is 1. The first-order chi connectivity index (χ1) is 24.5. The molecule has 1 fully saturated rings. The van der Waals surface area contributed by atoms with Crippen LogP contribution in [0.1, 0.15) is 45.2 Å². The number of aromatic nitrogens is 2. The minimum Gasteiger partial charge on any atom is -0.507 e. The summed E-state index contributed by atoms with van der Waals surface area (Å²) in [5, 5.41) is 13.5. The van der Waals surface area contributed by atoms with Crippen molar-refractivity contribution < 1.29 is 33.7 Å². The van der Waals surface area contributed by atoms with Gasteiger partial charge in [-0.3, -0.25) is 14.7 Å². The normalized spacial score (nSPS) is 19.3. The number of aromatic hydroxyl groups is 1. The van der Waals surface area contributed by atoms with Crippen LogP contribution in [0.2, 0.25) is 0 Å². The minimum absolute atomic E-state index is 0.0958. The van der Waals surface area contributed by atoms with Crippen molar-refractivity contribution in [1.82, 2.24) is 14.5 Å². The Labute approximate surface area is 304 Å². The molecule has 5 aromatic rings. The molecule has 3 aromatic carbocycles. The summed E-state index contributed by atoms with van der Waals surface area (Å²) in [6.07, 6.45) is 7.20. The third-order valence-electron chi connectivity index (χ3n) is 9.43. The molecule has 1 amide bonds. The van der Waals surface area contributed by atoms with Gasteiger partial charge in [-0.25, -0.2) is 9.59 Å². The first-order valence-electron chi connectivity index (χ1n) is 16.5. The molecule has 1 aliphatic heterocycles. The molecule has 3 heterocycles. The van der Waals surface area contributed by atoms with Gasteiger partial charge in [-0.1, -0.05) is 24.3 Å². The predicted octanol–water partition coefficient (Wildman–Crippen LogP) is 6.48. The van der Waals surface area contributed by atoms with Gasteiger partial charge in [0.05, 0.1) is 12.2 Å². The number of phenolic OH excluding ortho intramolecular Hbond substituents is 1. The van der Waals surface area contributed by atoms with E-state index >= 15 is 0 Å². The number of benzene rings is 3. The third-order valence-corrected chi connectivity index (χ3v) is 9.87. The van der Waals surface area contributed by atoms with Gasteiger partial charge in [0.15, 0.2) is 0 Å². The number of nitrogens with zero attached hydrogens (tertiary/aromatic N) is 3. The molecule has 0 radical (unpaired) electrons. The first kappa shape index (κ1) is 35.8. The van der Waals surface area contributed by atoms with E-state index in [1.807, 2.05) is 7.11 Å². The molecule has 11 nitrogen and oxygen atoms in total. The van der Waals surface area contributed by atoms with E-state index in [0.29, 0.717) is 23.6 Å². The fourth-order valence-electron chi connectivity index (χ4n) is 7.24. The Morgan fingerprint density at radius 2 is 1.78 bits per heavy atom. The van der Waals surface area contributed by atoms with Crippen molar-refractivity contribution in [3.63, 3.8) is 0 Å². The zero-order chi connectivity index (χ0) is 36.3. The highest BCUT2D eigenvalue weighted by Gasteiger charge is 2.52. The average molecular weight is 756 g/mol. The summed E-state index contributed by atoms with van der Waals surface area (Å²) in [6, 6.07) is 21.0. The Hall–Kier alpha value is -5.04. The van der Waals surface area contributed by atoms with E-state index in [9.17, 15) is 19.5 Å². The number of ether oxygens (including phenoxy) is 3. The molecule has 0 bridgehead atoms. The van der Waals surface area contributed by atoms with Crippen LogP contribution in [0.3, 0.4) is 0 Å². The summed E-state index contributed by atoms with van der Waals surface area (Å²) in [5.41, 5.74) is 4.60. The number of amides is 1. The highest BCUT2D eigenvalue weighted by Crippen LogP contribution is 2.49. The number of anilines is 1. The lowest BCUT2D eigenvalue weighted by Gasteiger charge is -2.53. The van der Waals surface area contributed by atoms with Crippen LogP contribution >= 0.6 is 15.9 Å². The van der Waals surface area contributed by atoms with Gasteiger partial charge >= 0.3 is 11.9 Å². The average Bonchev–Trinajstić information content (AvgIpc) is 3.44. The fourth-order valence-corrected chi connectivity index (χ4v) is 7.61. The fraction of sp³-hybridized carbons (Fsp3) is 0.282. The van der Waals surface area contributed by atoms with Crippen molar-refractivity contribution in [3.8, 4) is 11.5 Å². The zero-order valence-electron chi connectivity index (χ0n) is 28.8. The molecule has 1 saturated heterocycles. The number of aryl methyl sites for hydroxylation is 1. The lowest BCUT2D eigenvalue weighted by Crippen LogP contribution is -2.59. The molecular formula is C39H39BrN4O7. The summed E-state index contributed by atoms with van der Waals surface area (Å²) in [6.45, 7) is 2.62. The Kier molecular flexibility index (Phi) is 10.6. The number of likely N-dealkylation sites (tertiary alicyclic amines) is 1. The number of methoxy groups -OCH3 is 1. The molecule has 7 rings (SSSR count). The maximum atomic E-state index is 12.5. The second-order valence-corrected chi connectivity index (χ2v) is 13.8. The SMILES string of the molecule is CC(=O)Nc1ccc(OC(=O)c2ccccc2O)cc1.COC12CC(COC(=O)c3cncc(Br)c3)CN(C)C1Cc1cn(C)c3cccc2c13. The number of nitrogens with one attached hydrogen (secondary N) is 1. The summed E-state index contributed by atoms with van der Waals surface area (Å²) >= 11 is 3.35. The van der Waals surface area contributed by atoms with Gasteiger partial charge in [-0.2, -0.15) is 0 Å². The largest absolute Gasteiger partial charge is 0.507 e. The topological polar surface area (TPSA) is 132 Å². The van der Waals surface area contributed by atoms with Gasteiger partial charge in [-0.15, -0.1) is 0 Å². The Balaban J connectivity index is 0.000000194. The summed E-state index contributed by atoms with van der Waals surface area (Å²) < 4.78 is 20.1. The Morgan fingerprint density at radius 1 is 1.02 bits per heavy atom. The van der Waals surface area contributed by atoms with E-state index in [0.717, 1.165) is 23.9 Å². The van der Waals surface area contributed by atoms with Gasteiger partial charge in [0.1, 0.15) is 22.7 Å². The van der Waals surface area contributed by atoms with Crippen molar-refractivity contribution in [3.05, 3.63) is 118 Å². The molecular weight excluding hydrogens is 716 g/mol. The number of piperidine rings is 1. The highest BCUT2D eigenvalue weighted by atomic mass is 79.9. The Morgan fingerprint density at radius 3 is 2.49 bits per heavy atom. The first-order valence-corrected chi connectivity index (χ1v) is 17.3. The van der Waals surface area contributed by atoms with E-state index in [1.165, 1.54) is 47.3 Å². The standard InChI is InChI=1S/C24H26BrN3O3.C15H13NO4/c1-27-13-17-8-21-24(30-3,19-5-4-6-20(27)22(17)19)9-15(12-28(21)2)14-31-23(29)16-7-18(25)11-26-10-16;1-10(17)16-11-6-8-12(9-7-11)20-15(19)13-4-2-3-5-14(13)18/h4-7,10-11,13,15,21H,8-9,12,14H2,1-3H3;2-9,18H,1H3,(H,16,17). The van der Waals surface area contributed by atoms with Crippen LogP contribution < -0.4 is 10.1 Å². The molecule has 2 aromatic heterocycles. The lowest BCUT2D eigenvalue weighted by molar-refractivity contribution is -0.131. The number of esters is 2. The van der Waals surface area contributed by atoms with E-state index in [2.05, 4.69) is 74.2 Å². The molecule has 2 aliphatic rings.